The lowest BCUT2D eigenvalue weighted by Gasteiger charge is -2.25. The fraction of sp³-hybridized carbons (Fsp3) is 0. The van der Waals surface area contributed by atoms with Crippen LogP contribution in [-0.4, -0.2) is 0 Å². The fourth-order valence-electron chi connectivity index (χ4n) is 8.95. The van der Waals surface area contributed by atoms with Gasteiger partial charge in [0.2, 0.25) is 0 Å². The van der Waals surface area contributed by atoms with Gasteiger partial charge in [0, 0.05) is 57.9 Å². The minimum Gasteiger partial charge on any atom is -0.362 e. The molecule has 10 aromatic carbocycles. The molecule has 10 rings (SSSR count). The summed E-state index contributed by atoms with van der Waals surface area (Å²) < 4.78 is 0. The third-order valence-corrected chi connectivity index (χ3v) is 13.4. The van der Waals surface area contributed by atoms with E-state index in [4.69, 9.17) is 0 Å². The molecule has 0 aliphatic rings. The molecule has 0 heterocycles. The summed E-state index contributed by atoms with van der Waals surface area (Å²) >= 11 is 0. The Morgan fingerprint density at radius 2 is 0.675 bits per heavy atom. The molecule has 0 radical (unpaired) electrons. The fourth-order valence-corrected chi connectivity index (χ4v) is 9.14. The Balaban J connectivity index is 0.825. The molecule has 0 aromatic heterocycles. The molecule has 0 aliphatic carbocycles. The van der Waals surface area contributed by atoms with Gasteiger partial charge in [0.1, 0.15) is 0 Å². The largest absolute Gasteiger partial charge is 0.362 e. The number of hydrogen-bond acceptors (Lipinski definition) is 4. The molecule has 2 N–H and O–H groups in total. The van der Waals surface area contributed by atoms with Crippen LogP contribution in [0.2, 0.25) is 0 Å². The van der Waals surface area contributed by atoms with Crippen molar-refractivity contribution in [3.63, 3.8) is 0 Å². The second-order valence-electron chi connectivity index (χ2n) is 18.3. The Labute approximate surface area is 456 Å². The first-order valence-electron chi connectivity index (χ1n) is 25.8. The highest BCUT2D eigenvalue weighted by molar-refractivity contribution is 7.27. The lowest BCUT2D eigenvalue weighted by atomic mass is 10.0. The van der Waals surface area contributed by atoms with Crippen molar-refractivity contribution in [3.05, 3.63) is 339 Å². The van der Waals surface area contributed by atoms with Crippen LogP contribution >= 0.6 is 9.24 Å². The average Bonchev–Trinajstić information content (AvgIpc) is 3.49. The van der Waals surface area contributed by atoms with E-state index in [9.17, 15) is 0 Å². The van der Waals surface area contributed by atoms with Crippen molar-refractivity contribution in [2.45, 2.75) is 0 Å². The molecular weight excluding hydrogens is 952 g/mol. The van der Waals surface area contributed by atoms with Crippen molar-refractivity contribution in [2.24, 2.45) is 0 Å². The number of allylic oxidation sites excluding steroid dienone is 8. The SMILES string of the molecule is Pc1ccc(N(c2ccccc2)c2ccc(-c3ccc(N/C=C/C=C(\C=C/c4ccc(-c5ccc(N(c6ccccc6)c6ccccc6)cc5)cc4)c4ccc(N/C=C/C=C\C=C/c5ccccc5)cc4)cc3)cc2)cc1. The van der Waals surface area contributed by atoms with Crippen LogP contribution in [0.4, 0.5) is 45.5 Å². The highest BCUT2D eigenvalue weighted by atomic mass is 31.0. The van der Waals surface area contributed by atoms with Gasteiger partial charge in [0.15, 0.2) is 0 Å². The molecule has 0 spiro atoms. The number of nitrogens with one attached hydrogen (secondary N) is 2. The predicted octanol–water partition coefficient (Wildman–Crippen LogP) is 19.4. The van der Waals surface area contributed by atoms with E-state index in [1.54, 1.807) is 0 Å². The molecule has 10 aromatic rings. The summed E-state index contributed by atoms with van der Waals surface area (Å²) in [5, 5.41) is 8.05. The maximum absolute atomic E-state index is 3.49. The Hall–Kier alpha value is -9.73. The van der Waals surface area contributed by atoms with Crippen LogP contribution in [0.25, 0.3) is 40.0 Å². The summed E-state index contributed by atoms with van der Waals surface area (Å²) in [7, 11) is 2.77. The zero-order valence-corrected chi connectivity index (χ0v) is 43.9. The summed E-state index contributed by atoms with van der Waals surface area (Å²) in [4.78, 5) is 4.57. The number of anilines is 8. The lowest BCUT2D eigenvalue weighted by Crippen LogP contribution is -2.10. The molecule has 0 bridgehead atoms. The van der Waals surface area contributed by atoms with E-state index in [0.29, 0.717) is 0 Å². The first kappa shape index (κ1) is 50.8. The van der Waals surface area contributed by atoms with Crippen LogP contribution in [0.15, 0.2) is 322 Å². The van der Waals surface area contributed by atoms with E-state index >= 15 is 0 Å². The predicted molar refractivity (Wildman–Crippen MR) is 336 cm³/mol. The Bertz CT molecular complexity index is 3570. The number of rotatable bonds is 19. The molecule has 0 aliphatic heterocycles. The molecule has 4 nitrogen and oxygen atoms in total. The highest BCUT2D eigenvalue weighted by Gasteiger charge is 2.14. The molecule has 0 saturated carbocycles. The van der Waals surface area contributed by atoms with Gasteiger partial charge in [-0.25, -0.2) is 0 Å². The van der Waals surface area contributed by atoms with Crippen LogP contribution < -0.4 is 25.7 Å². The van der Waals surface area contributed by atoms with E-state index in [1.807, 2.05) is 54.9 Å². The minimum absolute atomic E-state index is 1.00. The molecule has 372 valence electrons. The summed E-state index contributed by atoms with van der Waals surface area (Å²) in [5.74, 6) is 0. The van der Waals surface area contributed by atoms with Crippen molar-refractivity contribution in [3.8, 4) is 22.3 Å². The van der Waals surface area contributed by atoms with Crippen molar-refractivity contribution in [2.75, 3.05) is 20.4 Å². The number of para-hydroxylation sites is 3. The van der Waals surface area contributed by atoms with Gasteiger partial charge in [0.05, 0.1) is 0 Å². The molecule has 1 unspecified atom stereocenters. The van der Waals surface area contributed by atoms with Crippen LogP contribution in [0.1, 0.15) is 16.7 Å². The van der Waals surface area contributed by atoms with Gasteiger partial charge in [-0.05, 0) is 159 Å². The molecular formula is C72H59N4P. The number of nitrogens with zero attached hydrogens (tertiary/aromatic N) is 2. The van der Waals surface area contributed by atoms with E-state index < -0.39 is 0 Å². The standard InChI is InChI=1S/C72H59N4P/c77-72-52-50-71(51-53-72)76(68-26-14-6-15-27-68)70-48-40-63(41-49-70)61-36-44-65(45-37-61)74-55-17-21-58(60-34-42-64(43-35-60)73-54-16-2-1-7-18-56-19-8-3-9-20-56)31-28-57-29-32-59(33-30-57)62-38-46-69(47-39-62)75(66-22-10-4-11-23-66)67-24-12-5-13-25-67/h1-55,73-74H,77H2/b2-1-,18-7-,31-28-,54-16+,55-17+,58-21+. The van der Waals surface area contributed by atoms with Gasteiger partial charge in [-0.3, -0.25) is 0 Å². The quantitative estimate of drug-likeness (QED) is 0.0624. The molecule has 77 heavy (non-hydrogen) atoms. The third-order valence-electron chi connectivity index (χ3n) is 13.0. The smallest absolute Gasteiger partial charge is 0.0462 e. The van der Waals surface area contributed by atoms with Gasteiger partial charge in [-0.1, -0.05) is 212 Å². The van der Waals surface area contributed by atoms with Crippen molar-refractivity contribution in [1.82, 2.24) is 0 Å². The zero-order chi connectivity index (χ0) is 52.3. The number of benzene rings is 10. The van der Waals surface area contributed by atoms with Crippen molar-refractivity contribution in [1.29, 1.82) is 0 Å². The molecule has 0 fully saturated rings. The third kappa shape index (κ3) is 13.9. The summed E-state index contributed by atoms with van der Waals surface area (Å²) in [5.41, 5.74) is 17.8. The maximum Gasteiger partial charge on any atom is 0.0462 e. The zero-order valence-electron chi connectivity index (χ0n) is 42.7. The van der Waals surface area contributed by atoms with Crippen LogP contribution in [0, 0.1) is 0 Å². The monoisotopic (exact) mass is 1010 g/mol. The van der Waals surface area contributed by atoms with Gasteiger partial charge < -0.3 is 20.4 Å². The summed E-state index contributed by atoms with van der Waals surface area (Å²) in [6.45, 7) is 0. The van der Waals surface area contributed by atoms with Gasteiger partial charge in [-0.15, -0.1) is 9.24 Å². The van der Waals surface area contributed by atoms with E-state index in [-0.39, 0.29) is 0 Å². The number of hydrogen-bond donors (Lipinski definition) is 2. The Kier molecular flexibility index (Phi) is 17.1. The van der Waals surface area contributed by atoms with Crippen LogP contribution in [0.3, 0.4) is 0 Å². The van der Waals surface area contributed by atoms with Crippen LogP contribution in [-0.2, 0) is 0 Å². The first-order valence-corrected chi connectivity index (χ1v) is 26.4. The van der Waals surface area contributed by atoms with Crippen molar-refractivity contribution < 1.29 is 0 Å². The Morgan fingerprint density at radius 1 is 0.312 bits per heavy atom. The topological polar surface area (TPSA) is 30.5 Å². The maximum atomic E-state index is 3.49. The van der Waals surface area contributed by atoms with E-state index in [2.05, 4.69) is 309 Å². The molecule has 1 atom stereocenters. The van der Waals surface area contributed by atoms with E-state index in [0.717, 1.165) is 89.8 Å². The lowest BCUT2D eigenvalue weighted by molar-refractivity contribution is 1.28. The summed E-state index contributed by atoms with van der Waals surface area (Å²) in [6, 6.07) is 93.8. The van der Waals surface area contributed by atoms with Gasteiger partial charge in [0.25, 0.3) is 0 Å². The summed E-state index contributed by atoms with van der Waals surface area (Å²) in [6.07, 6.45) is 22.7. The van der Waals surface area contributed by atoms with Gasteiger partial charge >= 0.3 is 0 Å². The molecule has 0 saturated heterocycles. The highest BCUT2D eigenvalue weighted by Crippen LogP contribution is 2.37. The molecule has 0 amide bonds. The normalized spacial score (nSPS) is 11.8. The Morgan fingerprint density at radius 3 is 1.16 bits per heavy atom. The molecule has 5 heteroatoms. The van der Waals surface area contributed by atoms with Gasteiger partial charge in [-0.2, -0.15) is 0 Å². The van der Waals surface area contributed by atoms with Crippen molar-refractivity contribution >= 4 is 77.8 Å². The van der Waals surface area contributed by atoms with E-state index in [1.165, 1.54) is 5.56 Å². The second kappa shape index (κ2) is 26.0. The average molecular weight is 1010 g/mol. The second-order valence-corrected chi connectivity index (χ2v) is 18.9. The minimum atomic E-state index is 1.00. The first-order chi connectivity index (χ1) is 38.1. The van der Waals surface area contributed by atoms with Crippen LogP contribution in [0.5, 0.6) is 0 Å².